The van der Waals surface area contributed by atoms with Crippen LogP contribution in [0.1, 0.15) is 44.1 Å². The lowest BCUT2D eigenvalue weighted by Gasteiger charge is -2.26. The second-order valence-electron chi connectivity index (χ2n) is 5.87. The zero-order chi connectivity index (χ0) is 15.1. The van der Waals surface area contributed by atoms with E-state index >= 15 is 0 Å². The van der Waals surface area contributed by atoms with Crippen molar-refractivity contribution in [3.05, 3.63) is 29.8 Å². The highest BCUT2D eigenvalue weighted by atomic mass is 32.1. The van der Waals surface area contributed by atoms with Gasteiger partial charge in [0.2, 0.25) is 0 Å². The molecule has 0 bridgehead atoms. The molecule has 1 aliphatic rings. The number of rotatable bonds is 6. The molecule has 21 heavy (non-hydrogen) atoms. The molecule has 0 heterocycles. The zero-order valence-electron chi connectivity index (χ0n) is 12.9. The van der Waals surface area contributed by atoms with Gasteiger partial charge in [-0.2, -0.15) is 0 Å². The number of hydrogen-bond acceptors (Lipinski definition) is 3. The Morgan fingerprint density at radius 3 is 2.67 bits per heavy atom. The van der Waals surface area contributed by atoms with Crippen LogP contribution in [0.4, 0.5) is 0 Å². The van der Waals surface area contributed by atoms with Gasteiger partial charge in [-0.15, -0.1) is 0 Å². The highest BCUT2D eigenvalue weighted by Gasteiger charge is 2.16. The molecule has 0 amide bonds. The largest absolute Gasteiger partial charge is 0.492 e. The Morgan fingerprint density at radius 1 is 1.29 bits per heavy atom. The highest BCUT2D eigenvalue weighted by Crippen LogP contribution is 2.21. The third-order valence-electron chi connectivity index (χ3n) is 4.28. The SMILES string of the molecule is CN(CCOc1cccc(C(N)=S)c1)C1CCCCCC1. The van der Waals surface area contributed by atoms with Crippen LogP contribution in [0.3, 0.4) is 0 Å². The normalized spacial score (nSPS) is 16.7. The van der Waals surface area contributed by atoms with E-state index < -0.39 is 0 Å². The van der Waals surface area contributed by atoms with Gasteiger partial charge in [-0.25, -0.2) is 0 Å². The smallest absolute Gasteiger partial charge is 0.120 e. The zero-order valence-corrected chi connectivity index (χ0v) is 13.7. The maximum Gasteiger partial charge on any atom is 0.120 e. The van der Waals surface area contributed by atoms with Gasteiger partial charge in [0.15, 0.2) is 0 Å². The predicted molar refractivity (Wildman–Crippen MR) is 91.9 cm³/mol. The lowest BCUT2D eigenvalue weighted by atomic mass is 10.1. The van der Waals surface area contributed by atoms with Gasteiger partial charge in [0.05, 0.1) is 0 Å². The maximum absolute atomic E-state index is 5.83. The average Bonchev–Trinajstić information content (AvgIpc) is 2.76. The van der Waals surface area contributed by atoms with Crippen LogP contribution >= 0.6 is 12.2 Å². The molecule has 1 aliphatic carbocycles. The predicted octanol–water partition coefficient (Wildman–Crippen LogP) is 3.35. The van der Waals surface area contributed by atoms with Crippen molar-refractivity contribution in [2.45, 2.75) is 44.6 Å². The summed E-state index contributed by atoms with van der Waals surface area (Å²) in [7, 11) is 2.21. The van der Waals surface area contributed by atoms with Crippen molar-refractivity contribution < 1.29 is 4.74 Å². The van der Waals surface area contributed by atoms with E-state index in [-0.39, 0.29) is 0 Å². The Bertz CT molecular complexity index is 456. The van der Waals surface area contributed by atoms with Gasteiger partial charge >= 0.3 is 0 Å². The molecule has 1 aromatic carbocycles. The monoisotopic (exact) mass is 306 g/mol. The summed E-state index contributed by atoms with van der Waals surface area (Å²) in [6.07, 6.45) is 8.18. The van der Waals surface area contributed by atoms with Crippen molar-refractivity contribution >= 4 is 17.2 Å². The fourth-order valence-corrected chi connectivity index (χ4v) is 3.05. The van der Waals surface area contributed by atoms with Crippen molar-refractivity contribution in [1.82, 2.24) is 4.90 Å². The number of likely N-dealkylation sites (N-methyl/N-ethyl adjacent to an activating group) is 1. The topological polar surface area (TPSA) is 38.5 Å². The van der Waals surface area contributed by atoms with Crippen LogP contribution in [0.15, 0.2) is 24.3 Å². The number of ether oxygens (including phenoxy) is 1. The first-order valence-electron chi connectivity index (χ1n) is 7.90. The highest BCUT2D eigenvalue weighted by molar-refractivity contribution is 7.80. The van der Waals surface area contributed by atoms with Gasteiger partial charge < -0.3 is 15.4 Å². The lowest BCUT2D eigenvalue weighted by molar-refractivity contribution is 0.178. The van der Waals surface area contributed by atoms with Gasteiger partial charge in [-0.1, -0.05) is 50.0 Å². The molecular formula is C17H26N2OS. The summed E-state index contributed by atoms with van der Waals surface area (Å²) in [5.41, 5.74) is 6.50. The molecule has 1 fully saturated rings. The van der Waals surface area contributed by atoms with Crippen molar-refractivity contribution in [3.8, 4) is 5.75 Å². The van der Waals surface area contributed by atoms with Gasteiger partial charge in [-0.3, -0.25) is 0 Å². The first-order valence-corrected chi connectivity index (χ1v) is 8.30. The van der Waals surface area contributed by atoms with E-state index in [0.717, 1.165) is 23.9 Å². The molecule has 0 atom stereocenters. The number of nitrogens with two attached hydrogens (primary N) is 1. The molecule has 0 saturated heterocycles. The Balaban J connectivity index is 1.77. The Labute approximate surface area is 133 Å². The van der Waals surface area contributed by atoms with E-state index in [4.69, 9.17) is 22.7 Å². The lowest BCUT2D eigenvalue weighted by Crippen LogP contribution is -2.34. The molecule has 3 nitrogen and oxygen atoms in total. The maximum atomic E-state index is 5.83. The second kappa shape index (κ2) is 8.35. The van der Waals surface area contributed by atoms with Gasteiger partial charge in [0.1, 0.15) is 17.3 Å². The average molecular weight is 306 g/mol. The molecular weight excluding hydrogens is 280 g/mol. The van der Waals surface area contributed by atoms with E-state index in [0.29, 0.717) is 11.6 Å². The molecule has 4 heteroatoms. The number of benzene rings is 1. The summed E-state index contributed by atoms with van der Waals surface area (Å²) in [5.74, 6) is 0.842. The standard InChI is InChI=1S/C17H26N2OS/c1-19(15-8-4-2-3-5-9-15)11-12-20-16-10-6-7-14(13-16)17(18)21/h6-7,10,13,15H,2-5,8-9,11-12H2,1H3,(H2,18,21). The second-order valence-corrected chi connectivity index (χ2v) is 6.31. The molecule has 1 aromatic rings. The summed E-state index contributed by atoms with van der Waals surface area (Å²) >= 11 is 4.99. The van der Waals surface area contributed by atoms with Crippen molar-refractivity contribution in [2.75, 3.05) is 20.2 Å². The van der Waals surface area contributed by atoms with Crippen LogP contribution in [-0.2, 0) is 0 Å². The Hall–Kier alpha value is -1.13. The Morgan fingerprint density at radius 2 is 2.00 bits per heavy atom. The number of hydrogen-bond donors (Lipinski definition) is 1. The van der Waals surface area contributed by atoms with Crippen LogP contribution < -0.4 is 10.5 Å². The summed E-state index contributed by atoms with van der Waals surface area (Å²) in [6.45, 7) is 1.66. The van der Waals surface area contributed by atoms with Crippen LogP contribution in [0.25, 0.3) is 0 Å². The molecule has 0 radical (unpaired) electrons. The van der Waals surface area contributed by atoms with Gasteiger partial charge in [0.25, 0.3) is 0 Å². The molecule has 0 aliphatic heterocycles. The van der Waals surface area contributed by atoms with Crippen LogP contribution in [-0.4, -0.2) is 36.1 Å². The molecule has 0 aromatic heterocycles. The van der Waals surface area contributed by atoms with Gasteiger partial charge in [-0.05, 0) is 32.0 Å². The third-order valence-corrected chi connectivity index (χ3v) is 4.52. The van der Waals surface area contributed by atoms with E-state index in [2.05, 4.69) is 11.9 Å². The summed E-state index contributed by atoms with van der Waals surface area (Å²) in [5, 5.41) is 0. The molecule has 2 N–H and O–H groups in total. The molecule has 1 saturated carbocycles. The summed E-state index contributed by atoms with van der Waals surface area (Å²) in [4.78, 5) is 2.86. The molecule has 116 valence electrons. The number of thiocarbonyl (C=S) groups is 1. The molecule has 0 spiro atoms. The van der Waals surface area contributed by atoms with Crippen molar-refractivity contribution in [2.24, 2.45) is 5.73 Å². The minimum absolute atomic E-state index is 0.413. The number of nitrogens with zero attached hydrogens (tertiary/aromatic N) is 1. The van der Waals surface area contributed by atoms with E-state index in [1.54, 1.807) is 0 Å². The minimum atomic E-state index is 0.413. The first-order chi connectivity index (χ1) is 10.2. The van der Waals surface area contributed by atoms with E-state index in [1.807, 2.05) is 24.3 Å². The van der Waals surface area contributed by atoms with Crippen LogP contribution in [0, 0.1) is 0 Å². The minimum Gasteiger partial charge on any atom is -0.492 e. The molecule has 0 unspecified atom stereocenters. The van der Waals surface area contributed by atoms with Crippen LogP contribution in [0.5, 0.6) is 5.75 Å². The van der Waals surface area contributed by atoms with Crippen molar-refractivity contribution in [3.63, 3.8) is 0 Å². The van der Waals surface area contributed by atoms with E-state index in [9.17, 15) is 0 Å². The van der Waals surface area contributed by atoms with E-state index in [1.165, 1.54) is 38.5 Å². The fraction of sp³-hybridized carbons (Fsp3) is 0.588. The fourth-order valence-electron chi connectivity index (χ4n) is 2.93. The molecule has 2 rings (SSSR count). The third kappa shape index (κ3) is 5.29. The Kier molecular flexibility index (Phi) is 6.46. The first kappa shape index (κ1) is 16.2. The van der Waals surface area contributed by atoms with Crippen molar-refractivity contribution in [1.29, 1.82) is 0 Å². The van der Waals surface area contributed by atoms with Crippen LogP contribution in [0.2, 0.25) is 0 Å². The van der Waals surface area contributed by atoms with Gasteiger partial charge in [0, 0.05) is 18.2 Å². The summed E-state index contributed by atoms with van der Waals surface area (Å²) < 4.78 is 5.83. The quantitative estimate of drug-likeness (QED) is 0.646. The summed E-state index contributed by atoms with van der Waals surface area (Å²) in [6, 6.07) is 8.42.